The van der Waals surface area contributed by atoms with Gasteiger partial charge in [0, 0.05) is 18.3 Å². The maximum absolute atomic E-state index is 13.2. The molecule has 1 aromatic rings. The van der Waals surface area contributed by atoms with Gasteiger partial charge in [0.25, 0.3) is 0 Å². The standard InChI is InChI=1S/C9H12FN3.C2HF3O2/c10-9-8(12-5-6-13-9)7-1-3-11-4-2-7;3-2(4,5)1(6)7/h5-7,11H,1-4H2;(H,6,7). The molecule has 0 amide bonds. The molecular weight excluding hydrogens is 282 g/mol. The first kappa shape index (κ1) is 16.3. The third-order valence-electron chi connectivity index (χ3n) is 2.65. The van der Waals surface area contributed by atoms with Gasteiger partial charge in [0.1, 0.15) is 0 Å². The normalized spacial score (nSPS) is 16.2. The number of aliphatic carboxylic acids is 1. The zero-order valence-corrected chi connectivity index (χ0v) is 10.3. The predicted octanol–water partition coefficient (Wildman–Crippen LogP) is 1.72. The van der Waals surface area contributed by atoms with Crippen LogP contribution in [0, 0.1) is 5.95 Å². The lowest BCUT2D eigenvalue weighted by molar-refractivity contribution is -0.192. The van der Waals surface area contributed by atoms with Crippen LogP contribution in [0.3, 0.4) is 0 Å². The SMILES string of the molecule is Fc1nccnc1C1CCNCC1.O=C(O)C(F)(F)F. The Morgan fingerprint density at radius 3 is 2.20 bits per heavy atom. The number of carboxylic acid groups (broad SMARTS) is 1. The molecule has 0 atom stereocenters. The zero-order valence-electron chi connectivity index (χ0n) is 10.3. The Hall–Kier alpha value is -1.77. The van der Waals surface area contributed by atoms with Crippen LogP contribution in [0.15, 0.2) is 12.4 Å². The summed E-state index contributed by atoms with van der Waals surface area (Å²) in [4.78, 5) is 16.5. The van der Waals surface area contributed by atoms with E-state index < -0.39 is 18.1 Å². The van der Waals surface area contributed by atoms with Gasteiger partial charge in [-0.25, -0.2) is 9.78 Å². The fraction of sp³-hybridized carbons (Fsp3) is 0.545. The second-order valence-electron chi connectivity index (χ2n) is 4.06. The minimum atomic E-state index is -5.08. The van der Waals surface area contributed by atoms with Crippen molar-refractivity contribution < 1.29 is 27.5 Å². The van der Waals surface area contributed by atoms with Crippen LogP contribution in [-0.4, -0.2) is 40.3 Å². The molecule has 0 saturated carbocycles. The molecule has 2 N–H and O–H groups in total. The molecule has 0 unspecified atom stereocenters. The van der Waals surface area contributed by atoms with E-state index in [0.29, 0.717) is 5.69 Å². The summed E-state index contributed by atoms with van der Waals surface area (Å²) in [5.41, 5.74) is 0.531. The highest BCUT2D eigenvalue weighted by molar-refractivity contribution is 5.73. The van der Waals surface area contributed by atoms with Gasteiger partial charge in [-0.05, 0) is 25.9 Å². The third kappa shape index (κ3) is 5.08. The Labute approximate surface area is 112 Å². The summed E-state index contributed by atoms with van der Waals surface area (Å²) in [6.07, 6.45) is -0.231. The summed E-state index contributed by atoms with van der Waals surface area (Å²) in [7, 11) is 0. The number of hydrogen-bond acceptors (Lipinski definition) is 4. The van der Waals surface area contributed by atoms with Crippen molar-refractivity contribution in [2.45, 2.75) is 24.9 Å². The van der Waals surface area contributed by atoms with Crippen LogP contribution in [0.2, 0.25) is 0 Å². The maximum Gasteiger partial charge on any atom is 0.490 e. The molecule has 1 saturated heterocycles. The summed E-state index contributed by atoms with van der Waals surface area (Å²) in [5.74, 6) is -2.92. The minimum Gasteiger partial charge on any atom is -0.475 e. The molecule has 0 aliphatic carbocycles. The van der Waals surface area contributed by atoms with Gasteiger partial charge in [-0.3, -0.25) is 4.98 Å². The first-order chi connectivity index (χ1) is 9.32. The molecule has 1 aliphatic rings. The summed E-state index contributed by atoms with van der Waals surface area (Å²) >= 11 is 0. The van der Waals surface area contributed by atoms with E-state index >= 15 is 0 Å². The highest BCUT2D eigenvalue weighted by Crippen LogP contribution is 2.24. The number of piperidine rings is 1. The molecule has 1 fully saturated rings. The van der Waals surface area contributed by atoms with Crippen LogP contribution in [0.5, 0.6) is 0 Å². The molecule has 0 spiro atoms. The van der Waals surface area contributed by atoms with Crippen LogP contribution in [0.4, 0.5) is 17.6 Å². The van der Waals surface area contributed by atoms with Gasteiger partial charge >= 0.3 is 12.1 Å². The number of alkyl halides is 3. The van der Waals surface area contributed by atoms with Crippen LogP contribution in [-0.2, 0) is 4.79 Å². The Bertz CT molecular complexity index is 448. The average Bonchev–Trinajstić information content (AvgIpc) is 2.40. The largest absolute Gasteiger partial charge is 0.490 e. The van der Waals surface area contributed by atoms with Gasteiger partial charge < -0.3 is 10.4 Å². The monoisotopic (exact) mass is 295 g/mol. The van der Waals surface area contributed by atoms with Gasteiger partial charge in [0.05, 0.1) is 5.69 Å². The van der Waals surface area contributed by atoms with Crippen molar-refractivity contribution in [3.05, 3.63) is 24.0 Å². The summed E-state index contributed by atoms with van der Waals surface area (Å²) in [5, 5.41) is 10.4. The van der Waals surface area contributed by atoms with Crippen molar-refractivity contribution in [2.75, 3.05) is 13.1 Å². The second-order valence-corrected chi connectivity index (χ2v) is 4.06. The maximum atomic E-state index is 13.2. The molecule has 5 nitrogen and oxygen atoms in total. The van der Waals surface area contributed by atoms with E-state index in [9.17, 15) is 17.6 Å². The lowest BCUT2D eigenvalue weighted by atomic mass is 9.95. The Morgan fingerprint density at radius 1 is 1.25 bits per heavy atom. The van der Waals surface area contributed by atoms with E-state index in [2.05, 4.69) is 15.3 Å². The number of rotatable bonds is 1. The average molecular weight is 295 g/mol. The van der Waals surface area contributed by atoms with Crippen LogP contribution in [0.1, 0.15) is 24.5 Å². The summed E-state index contributed by atoms with van der Waals surface area (Å²) in [6, 6.07) is 0. The van der Waals surface area contributed by atoms with Crippen molar-refractivity contribution in [1.29, 1.82) is 0 Å². The van der Waals surface area contributed by atoms with Gasteiger partial charge in [0.15, 0.2) is 0 Å². The van der Waals surface area contributed by atoms with Gasteiger partial charge in [-0.1, -0.05) is 0 Å². The number of hydrogen-bond donors (Lipinski definition) is 2. The lowest BCUT2D eigenvalue weighted by Crippen LogP contribution is -2.27. The van der Waals surface area contributed by atoms with Crippen molar-refractivity contribution in [2.24, 2.45) is 0 Å². The molecule has 0 bridgehead atoms. The number of nitrogens with zero attached hydrogens (tertiary/aromatic N) is 2. The molecule has 112 valence electrons. The Balaban J connectivity index is 0.000000246. The first-order valence-corrected chi connectivity index (χ1v) is 5.79. The molecule has 2 rings (SSSR count). The van der Waals surface area contributed by atoms with Gasteiger partial charge in [-0.2, -0.15) is 17.6 Å². The number of nitrogens with one attached hydrogen (secondary N) is 1. The first-order valence-electron chi connectivity index (χ1n) is 5.79. The van der Waals surface area contributed by atoms with Crippen LogP contribution < -0.4 is 5.32 Å². The number of halogens is 4. The van der Waals surface area contributed by atoms with Crippen molar-refractivity contribution in [3.63, 3.8) is 0 Å². The van der Waals surface area contributed by atoms with Crippen LogP contribution in [0.25, 0.3) is 0 Å². The quantitative estimate of drug-likeness (QED) is 0.772. The number of carbonyl (C=O) groups is 1. The Kier molecular flexibility index (Phi) is 5.81. The fourth-order valence-electron chi connectivity index (χ4n) is 1.70. The number of aromatic nitrogens is 2. The fourth-order valence-corrected chi connectivity index (χ4v) is 1.70. The van der Waals surface area contributed by atoms with Gasteiger partial charge in [-0.15, -0.1) is 0 Å². The van der Waals surface area contributed by atoms with Crippen LogP contribution >= 0.6 is 0 Å². The van der Waals surface area contributed by atoms with Crippen molar-refractivity contribution in [3.8, 4) is 0 Å². The van der Waals surface area contributed by atoms with E-state index in [-0.39, 0.29) is 5.92 Å². The molecule has 0 aromatic carbocycles. The topological polar surface area (TPSA) is 75.1 Å². The molecule has 20 heavy (non-hydrogen) atoms. The molecule has 1 aliphatic heterocycles. The highest BCUT2D eigenvalue weighted by atomic mass is 19.4. The van der Waals surface area contributed by atoms with E-state index in [1.165, 1.54) is 6.20 Å². The third-order valence-corrected chi connectivity index (χ3v) is 2.65. The second kappa shape index (κ2) is 7.13. The summed E-state index contributed by atoms with van der Waals surface area (Å²) in [6.45, 7) is 1.89. The molecule has 9 heteroatoms. The Morgan fingerprint density at radius 2 is 1.75 bits per heavy atom. The van der Waals surface area contributed by atoms with Crippen molar-refractivity contribution >= 4 is 5.97 Å². The van der Waals surface area contributed by atoms with E-state index in [1.807, 2.05) is 0 Å². The molecule has 0 radical (unpaired) electrons. The number of carboxylic acids is 1. The lowest BCUT2D eigenvalue weighted by Gasteiger charge is -2.21. The molecule has 1 aromatic heterocycles. The van der Waals surface area contributed by atoms with E-state index in [0.717, 1.165) is 25.9 Å². The molecular formula is C11H13F4N3O2. The van der Waals surface area contributed by atoms with E-state index in [4.69, 9.17) is 9.90 Å². The summed E-state index contributed by atoms with van der Waals surface area (Å²) < 4.78 is 44.9. The molecule has 2 heterocycles. The zero-order chi connectivity index (χ0) is 15.2. The van der Waals surface area contributed by atoms with Gasteiger partial charge in [0.2, 0.25) is 5.95 Å². The van der Waals surface area contributed by atoms with E-state index in [1.54, 1.807) is 6.20 Å². The minimum absolute atomic E-state index is 0.245. The predicted molar refractivity (Wildman–Crippen MR) is 60.5 cm³/mol. The van der Waals surface area contributed by atoms with Crippen molar-refractivity contribution in [1.82, 2.24) is 15.3 Å². The smallest absolute Gasteiger partial charge is 0.475 e. The highest BCUT2D eigenvalue weighted by Gasteiger charge is 2.38.